The third kappa shape index (κ3) is 6.41. The van der Waals surface area contributed by atoms with E-state index in [2.05, 4.69) is 119 Å². The number of hydrogen-bond acceptors (Lipinski definition) is 6. The smallest absolute Gasteiger partial charge is 0.336 e. The van der Waals surface area contributed by atoms with Gasteiger partial charge < -0.3 is 23.9 Å². The fourth-order valence-electron chi connectivity index (χ4n) is 6.05. The van der Waals surface area contributed by atoms with Gasteiger partial charge in [-0.2, -0.15) is 0 Å². The Labute approximate surface area is 259 Å². The molecule has 0 radical (unpaired) electrons. The van der Waals surface area contributed by atoms with E-state index in [0.29, 0.717) is 18.8 Å². The zero-order valence-corrected chi connectivity index (χ0v) is 25.5. The molecule has 1 aliphatic rings. The molecule has 0 atom stereocenters. The fourth-order valence-corrected chi connectivity index (χ4v) is 6.05. The van der Waals surface area contributed by atoms with Gasteiger partial charge in [-0.1, -0.05) is 78.9 Å². The van der Waals surface area contributed by atoms with Crippen LogP contribution in [0.4, 0.5) is 11.4 Å². The second-order valence-electron chi connectivity index (χ2n) is 11.0. The molecule has 0 amide bonds. The minimum Gasteiger partial charge on any atom is -0.423 e. The van der Waals surface area contributed by atoms with E-state index in [9.17, 15) is 4.79 Å². The van der Waals surface area contributed by atoms with Crippen molar-refractivity contribution in [2.45, 2.75) is 13.8 Å². The molecule has 44 heavy (non-hydrogen) atoms. The van der Waals surface area contributed by atoms with Gasteiger partial charge >= 0.3 is 5.63 Å². The molecule has 1 aliphatic heterocycles. The maximum Gasteiger partial charge on any atom is 0.336 e. The van der Waals surface area contributed by atoms with Crippen LogP contribution in [0.25, 0.3) is 22.4 Å². The zero-order valence-electron chi connectivity index (χ0n) is 25.5. The first-order chi connectivity index (χ1) is 21.6. The minimum absolute atomic E-state index is 0.317. The summed E-state index contributed by atoms with van der Waals surface area (Å²) < 4.78 is 11.7. The molecule has 0 saturated carbocycles. The Balaban J connectivity index is 1.19. The van der Waals surface area contributed by atoms with Crippen LogP contribution in [0.15, 0.2) is 124 Å². The summed E-state index contributed by atoms with van der Waals surface area (Å²) >= 11 is 0. The molecule has 0 bridgehead atoms. The Morgan fingerprint density at radius 2 is 1.43 bits per heavy atom. The van der Waals surface area contributed by atoms with E-state index in [4.69, 9.17) is 9.15 Å². The van der Waals surface area contributed by atoms with Crippen molar-refractivity contribution in [2.24, 2.45) is 0 Å². The van der Waals surface area contributed by atoms with E-state index >= 15 is 0 Å². The van der Waals surface area contributed by atoms with Gasteiger partial charge in [0, 0.05) is 67.2 Å². The highest BCUT2D eigenvalue weighted by molar-refractivity contribution is 5.97. The number of likely N-dealkylation sites (N-methyl/N-ethyl adjacent to an activating group) is 1. The van der Waals surface area contributed by atoms with Crippen LogP contribution >= 0.6 is 0 Å². The predicted octanol–water partition coefficient (Wildman–Crippen LogP) is 7.29. The largest absolute Gasteiger partial charge is 0.423 e. The van der Waals surface area contributed by atoms with Gasteiger partial charge in [0.25, 0.3) is 0 Å². The number of anilines is 2. The van der Waals surface area contributed by atoms with E-state index in [-0.39, 0.29) is 5.63 Å². The number of hydrogen-bond donors (Lipinski definition) is 0. The Hall–Kier alpha value is -4.81. The Morgan fingerprint density at radius 3 is 2.11 bits per heavy atom. The summed E-state index contributed by atoms with van der Waals surface area (Å²) in [6, 6.07) is 39.7. The van der Waals surface area contributed by atoms with Crippen molar-refractivity contribution < 1.29 is 9.15 Å². The van der Waals surface area contributed by atoms with Gasteiger partial charge in [0.2, 0.25) is 0 Å². The number of nitrogens with zero attached hydrogens (tertiary/aromatic N) is 3. The summed E-state index contributed by atoms with van der Waals surface area (Å²) in [6.07, 6.45) is 0. The first-order valence-electron chi connectivity index (χ1n) is 15.4. The highest BCUT2D eigenvalue weighted by atomic mass is 16.5. The molecule has 0 aliphatic carbocycles. The Kier molecular flexibility index (Phi) is 9.09. The molecule has 6 heteroatoms. The van der Waals surface area contributed by atoms with E-state index in [1.807, 2.05) is 19.1 Å². The zero-order chi connectivity index (χ0) is 30.3. The van der Waals surface area contributed by atoms with Crippen molar-refractivity contribution in [1.29, 1.82) is 0 Å². The van der Waals surface area contributed by atoms with Gasteiger partial charge in [-0.15, -0.1) is 0 Å². The molecule has 6 nitrogen and oxygen atoms in total. The highest BCUT2D eigenvalue weighted by Crippen LogP contribution is 2.38. The third-order valence-corrected chi connectivity index (χ3v) is 8.26. The van der Waals surface area contributed by atoms with Crippen LogP contribution in [-0.2, 0) is 4.74 Å². The molecule has 4 aromatic carbocycles. The van der Waals surface area contributed by atoms with Gasteiger partial charge in [-0.25, -0.2) is 4.79 Å². The molecule has 2 heterocycles. The lowest BCUT2D eigenvalue weighted by molar-refractivity contribution is 0.124. The fraction of sp³-hybridized carbons (Fsp3) is 0.237. The number of fused-ring (bicyclic) bond motifs is 1. The lowest BCUT2D eigenvalue weighted by Gasteiger charge is -2.41. The maximum absolute atomic E-state index is 11.9. The molecule has 224 valence electrons. The van der Waals surface area contributed by atoms with Crippen LogP contribution in [-0.4, -0.2) is 50.8 Å². The molecular formula is C38H39N3O3. The average molecular weight is 586 g/mol. The SMILES string of the molecule is CCN(CCOCCN1CCN(c2ccccc2)C(c2ccccc2)=C1c1ccccc1)c1ccc2c(C)cc(=O)oc2c1. The van der Waals surface area contributed by atoms with Crippen LogP contribution in [0.5, 0.6) is 0 Å². The molecule has 1 aromatic heterocycles. The van der Waals surface area contributed by atoms with Crippen molar-refractivity contribution in [3.63, 3.8) is 0 Å². The van der Waals surface area contributed by atoms with Gasteiger partial charge in [0.05, 0.1) is 24.6 Å². The van der Waals surface area contributed by atoms with Gasteiger partial charge in [-0.05, 0) is 49.2 Å². The number of benzene rings is 4. The Bertz CT molecular complexity index is 1770. The van der Waals surface area contributed by atoms with Crippen molar-refractivity contribution in [2.75, 3.05) is 55.7 Å². The predicted molar refractivity (Wildman–Crippen MR) is 181 cm³/mol. The maximum atomic E-state index is 11.9. The van der Waals surface area contributed by atoms with E-state index in [1.54, 1.807) is 0 Å². The quantitative estimate of drug-likeness (QED) is 0.120. The van der Waals surface area contributed by atoms with Crippen LogP contribution in [0.3, 0.4) is 0 Å². The van der Waals surface area contributed by atoms with Crippen molar-refractivity contribution in [3.05, 3.63) is 142 Å². The van der Waals surface area contributed by atoms with Gasteiger partial charge in [-0.3, -0.25) is 0 Å². The summed E-state index contributed by atoms with van der Waals surface area (Å²) in [6.45, 7) is 9.42. The van der Waals surface area contributed by atoms with Crippen LogP contribution in [0.1, 0.15) is 23.6 Å². The summed E-state index contributed by atoms with van der Waals surface area (Å²) in [5.41, 5.74) is 8.28. The van der Waals surface area contributed by atoms with Gasteiger partial charge in [0.1, 0.15) is 5.58 Å². The summed E-state index contributed by atoms with van der Waals surface area (Å²) in [7, 11) is 0. The molecule has 0 unspecified atom stereocenters. The van der Waals surface area contributed by atoms with E-state index < -0.39 is 0 Å². The molecule has 0 N–H and O–H groups in total. The summed E-state index contributed by atoms with van der Waals surface area (Å²) in [4.78, 5) is 19.1. The normalized spacial score (nSPS) is 13.5. The Morgan fingerprint density at radius 1 is 0.773 bits per heavy atom. The van der Waals surface area contributed by atoms with E-state index in [0.717, 1.165) is 49.4 Å². The van der Waals surface area contributed by atoms with Crippen molar-refractivity contribution >= 4 is 33.7 Å². The highest BCUT2D eigenvalue weighted by Gasteiger charge is 2.28. The van der Waals surface area contributed by atoms with Crippen LogP contribution in [0, 0.1) is 6.92 Å². The standard InChI is InChI=1S/C38H39N3O3/c1-3-39(33-19-20-34-29(2)27-36(42)44-35(34)28-33)23-25-43-26-24-40-21-22-41(32-17-11-6-12-18-32)38(31-15-9-5-10-16-31)37(40)30-13-7-4-8-14-30/h4-20,27-28H,3,21-26H2,1-2H3. The summed E-state index contributed by atoms with van der Waals surface area (Å²) in [5.74, 6) is 0. The van der Waals surface area contributed by atoms with Gasteiger partial charge in [0.15, 0.2) is 0 Å². The second kappa shape index (κ2) is 13.7. The molecule has 0 spiro atoms. The second-order valence-corrected chi connectivity index (χ2v) is 11.0. The number of para-hydroxylation sites is 1. The monoisotopic (exact) mass is 585 g/mol. The van der Waals surface area contributed by atoms with Crippen molar-refractivity contribution in [1.82, 2.24) is 4.90 Å². The van der Waals surface area contributed by atoms with Crippen LogP contribution < -0.4 is 15.4 Å². The number of rotatable bonds is 11. The first-order valence-corrected chi connectivity index (χ1v) is 15.4. The lowest BCUT2D eigenvalue weighted by Crippen LogP contribution is -2.42. The third-order valence-electron chi connectivity index (χ3n) is 8.26. The first kappa shape index (κ1) is 29.3. The molecule has 0 saturated heterocycles. The molecule has 0 fully saturated rings. The average Bonchev–Trinajstić information content (AvgIpc) is 3.07. The molecule has 6 rings (SSSR count). The molecule has 5 aromatic rings. The van der Waals surface area contributed by atoms with Crippen LogP contribution in [0.2, 0.25) is 0 Å². The number of ether oxygens (including phenoxy) is 1. The molecular weight excluding hydrogens is 546 g/mol. The van der Waals surface area contributed by atoms with Crippen molar-refractivity contribution in [3.8, 4) is 0 Å². The number of aryl methyl sites for hydroxylation is 1. The van der Waals surface area contributed by atoms with E-state index in [1.165, 1.54) is 34.3 Å². The summed E-state index contributed by atoms with van der Waals surface area (Å²) in [5, 5.41) is 0.963. The topological polar surface area (TPSA) is 49.2 Å². The lowest BCUT2D eigenvalue weighted by atomic mass is 9.99. The minimum atomic E-state index is -0.317.